The van der Waals surface area contributed by atoms with Gasteiger partial charge in [0.1, 0.15) is 12.7 Å². The first-order chi connectivity index (χ1) is 57.9. The fourth-order valence-corrected chi connectivity index (χ4v) is 21.9. The third-order valence-corrected chi connectivity index (χ3v) is 31.7. The maximum Gasteiger partial charge on any atom is 0.358 e. The molecule has 5 aliphatic rings. The van der Waals surface area contributed by atoms with Crippen LogP contribution in [0.3, 0.4) is 0 Å². The Morgan fingerprint density at radius 3 is 1.26 bits per heavy atom. The Labute approximate surface area is 750 Å². The van der Waals surface area contributed by atoms with Gasteiger partial charge in [0, 0.05) is 58.6 Å². The van der Waals surface area contributed by atoms with Gasteiger partial charge >= 0.3 is 293 Å². The maximum absolute atomic E-state index is 13.0. The summed E-state index contributed by atoms with van der Waals surface area (Å²) in [6, 6.07) is 47.6. The number of nitrogens with zero attached hydrogens (tertiary/aromatic N) is 10. The number of hydrogen-bond donors (Lipinski definition) is 0. The number of esters is 5. The molecule has 10 aromatic rings. The number of carboxylic acid groups (broad SMARTS) is 1. The SMILES string of the molecule is CC(=O)OI(OC(C)=O)c1ccccc1.CC(=O)[O-].CCOC(=O)c1ncn2c1CN(C)C(=O)c1c[c]([Sn]([CH3])([CH3])[CH3])ccc1-2.CCOC(=O)c1ncn2c1CN(C)C(=O)c1cc(Br)ccc1-2.CCOC(=O)c1ncn2c1CN(C)C(=O)c1cc([I+]c3ccccc3)ccc1-2.CN1CC(=O)Cc2ccc(Br)cc2C1=O.O=C1Cc2ccc(Br)cc2C(=O)O1. The molecular formula is C86H85Br3I2N10O20Sn. The van der Waals surface area contributed by atoms with E-state index >= 15 is 0 Å². The number of fused-ring (bicyclic) bond motifs is 11. The van der Waals surface area contributed by atoms with Gasteiger partial charge in [-0.25, -0.2) is 24.4 Å². The van der Waals surface area contributed by atoms with Crippen molar-refractivity contribution in [2.45, 2.75) is 88.8 Å². The Kier molecular flexibility index (Phi) is 33.9. The molecule has 0 fully saturated rings. The van der Waals surface area contributed by atoms with E-state index in [9.17, 15) is 57.5 Å². The van der Waals surface area contributed by atoms with E-state index in [2.05, 4.69) is 107 Å². The third-order valence-electron chi connectivity index (χ3n) is 18.0. The Balaban J connectivity index is 0.000000168. The normalized spacial score (nSPS) is 13.3. The van der Waals surface area contributed by atoms with Crippen molar-refractivity contribution in [3.63, 3.8) is 0 Å². The minimum Gasteiger partial charge on any atom is -0.461 e. The Morgan fingerprint density at radius 2 is 0.828 bits per heavy atom. The van der Waals surface area contributed by atoms with E-state index < -0.39 is 86.8 Å². The first kappa shape index (κ1) is 95.2. The molecule has 0 atom stereocenters. The third kappa shape index (κ3) is 24.6. The number of carbonyl (C=O) groups is 13. The molecule has 0 N–H and O–H groups in total. The Hall–Kier alpha value is -10.6. The van der Waals surface area contributed by atoms with E-state index in [1.54, 1.807) is 130 Å². The molecule has 0 bridgehead atoms. The second-order valence-electron chi connectivity index (χ2n) is 28.1. The molecule has 0 saturated carbocycles. The molecule has 8 heterocycles. The van der Waals surface area contributed by atoms with Gasteiger partial charge in [0.25, 0.3) is 17.7 Å². The number of carbonyl (C=O) groups excluding carboxylic acids is 13. The molecule has 0 unspecified atom stereocenters. The van der Waals surface area contributed by atoms with Crippen LogP contribution in [0.25, 0.3) is 17.1 Å². The van der Waals surface area contributed by atoms with E-state index in [1.807, 2.05) is 94.1 Å². The summed E-state index contributed by atoms with van der Waals surface area (Å²) >= 11 is 4.67. The van der Waals surface area contributed by atoms with E-state index in [1.165, 1.54) is 29.5 Å². The van der Waals surface area contributed by atoms with Gasteiger partial charge in [-0.2, -0.15) is 0 Å². The summed E-state index contributed by atoms with van der Waals surface area (Å²) in [5, 5.41) is 8.89. The predicted octanol–water partition coefficient (Wildman–Crippen LogP) is 8.75. The van der Waals surface area contributed by atoms with Crippen LogP contribution in [0.1, 0.15) is 153 Å². The zero-order valence-corrected chi connectivity index (χ0v) is 80.5. The fraction of sp³-hybridized carbons (Fsp3) is 0.256. The van der Waals surface area contributed by atoms with Crippen LogP contribution in [0.15, 0.2) is 184 Å². The van der Waals surface area contributed by atoms with Crippen molar-refractivity contribution in [2.75, 3.05) is 54.6 Å². The van der Waals surface area contributed by atoms with Crippen LogP contribution < -0.4 is 29.9 Å². The minimum absolute atomic E-state index is 0.0362. The number of halogens is 5. The summed E-state index contributed by atoms with van der Waals surface area (Å²) in [4.78, 5) is 177. The van der Waals surface area contributed by atoms with Crippen molar-refractivity contribution in [1.29, 1.82) is 0 Å². The smallest absolute Gasteiger partial charge is 0.358 e. The van der Waals surface area contributed by atoms with Gasteiger partial charge in [-0.3, -0.25) is 33.1 Å². The zero-order chi connectivity index (χ0) is 89.1. The molecule has 36 heteroatoms. The van der Waals surface area contributed by atoms with Gasteiger partial charge in [-0.05, 0) is 98.6 Å². The fourth-order valence-electron chi connectivity index (χ4n) is 12.4. The maximum atomic E-state index is 13.0. The minimum atomic E-state index is -2.59. The van der Waals surface area contributed by atoms with E-state index in [0.717, 1.165) is 46.4 Å². The van der Waals surface area contributed by atoms with Gasteiger partial charge < -0.3 is 38.8 Å². The largest absolute Gasteiger partial charge is 0.461 e. The Bertz CT molecular complexity index is 5660. The molecule has 122 heavy (non-hydrogen) atoms. The summed E-state index contributed by atoms with van der Waals surface area (Å²) < 4.78 is 42.2. The summed E-state index contributed by atoms with van der Waals surface area (Å²) in [5.74, 6) is -4.59. The van der Waals surface area contributed by atoms with Crippen molar-refractivity contribution in [1.82, 2.24) is 48.3 Å². The molecule has 7 aromatic carbocycles. The number of imidazole rings is 3. The van der Waals surface area contributed by atoms with Gasteiger partial charge in [0.15, 0.2) is 24.3 Å². The van der Waals surface area contributed by atoms with Gasteiger partial charge in [-0.1, -0.05) is 78.1 Å². The molecule has 5 aliphatic heterocycles. The van der Waals surface area contributed by atoms with Crippen LogP contribution in [-0.4, -0.2) is 198 Å². The molecule has 638 valence electrons. The second kappa shape index (κ2) is 43.4. The van der Waals surface area contributed by atoms with Crippen LogP contribution in [0.5, 0.6) is 0 Å². The number of ether oxygens (including phenoxy) is 4. The second-order valence-corrected chi connectivity index (χ2v) is 51.8. The number of aromatic nitrogens is 6. The monoisotopic (exact) mass is 2190 g/mol. The number of hydrogen-bond acceptors (Lipinski definition) is 23. The number of aliphatic carboxylic acids is 1. The van der Waals surface area contributed by atoms with Crippen molar-refractivity contribution in [2.24, 2.45) is 0 Å². The molecule has 30 nitrogen and oxygen atoms in total. The van der Waals surface area contributed by atoms with E-state index in [4.69, 9.17) is 30.2 Å². The standard InChI is InChI=1S/C21H19IN3O3.C15H14BrN3O3.C15H14N3O3.C11H10BrNO2.C10H11IO4.C9H5BrO3.C2H4O2.3CH3.Sn/c1-3-28-21(27)19-18-12-24(2)20(26)16-11-15(22-14-7-5-4-6-8-14)9-10-17(16)25(18)13-23-19;1-3-22-15(21)13-12-7-18(2)14(20)10-6-9(16)4-5-11(10)19(12)8-17-13;1-3-21-15(20)13-12-8-17(2)14(19)10-6-4-5-7-11(10)18(12)9-16-13;1-13-6-9(14)4-7-2-3-8(12)5-10(7)11(13)15;1-8(12)14-11(15-9(2)13)10-6-4-3-5-7-10;10-6-2-1-5-3-8(11)13-9(12)7(5)4-6;1-2(3)4;;;;/h4-11,13H,3,12H2,1-2H3;4-6,8H,3,7H2,1-2H3;5-7,9H,3,8H2,1-2H3;2-3,5H,4,6H2,1H3;3-7H,1-2H3;1-2,4H,3H2;1H3,(H,3,4);3*1H3;/q+1;;;;;;;;;;/p-1. The predicted molar refractivity (Wildman–Crippen MR) is 462 cm³/mol. The van der Waals surface area contributed by atoms with E-state index in [0.29, 0.717) is 83.2 Å². The van der Waals surface area contributed by atoms with E-state index in [-0.39, 0.29) is 93.9 Å². The van der Waals surface area contributed by atoms with Crippen molar-refractivity contribution >= 4 is 168 Å². The first-order valence-electron chi connectivity index (χ1n) is 37.6. The topological polar surface area (TPSA) is 367 Å². The van der Waals surface area contributed by atoms with Crippen molar-refractivity contribution in [3.05, 3.63) is 268 Å². The van der Waals surface area contributed by atoms with Crippen LogP contribution in [0, 0.1) is 10.7 Å². The zero-order valence-electron chi connectivity index (χ0n) is 68.6. The Morgan fingerprint density at radius 1 is 0.459 bits per heavy atom. The number of likely N-dealkylation sites (N-methyl/N-ethyl adjacent to an activating group) is 1. The number of amides is 4. The molecule has 0 radical (unpaired) electrons. The number of ketones is 1. The van der Waals surface area contributed by atoms with Gasteiger partial charge in [0.2, 0.25) is 0 Å². The molecule has 0 spiro atoms. The summed E-state index contributed by atoms with van der Waals surface area (Å²) in [6.07, 6.45) is 5.28. The summed E-state index contributed by atoms with van der Waals surface area (Å²) in [5.41, 5.74) is 9.47. The van der Waals surface area contributed by atoms with Crippen molar-refractivity contribution < 1.29 is 114 Å². The number of Topliss-reactive ketones (excluding diaryl/α,β-unsaturated/α-hetero) is 1. The number of benzene rings is 7. The van der Waals surface area contributed by atoms with Crippen LogP contribution in [0.2, 0.25) is 14.8 Å². The molecule has 0 saturated heterocycles. The number of cyclic esters (lactones) is 2. The number of carboxylic acids is 1. The molecule has 3 aromatic heterocycles. The molecular weight excluding hydrogens is 2110 g/mol. The molecule has 15 rings (SSSR count). The molecule has 4 amide bonds. The molecule has 0 aliphatic carbocycles. The summed E-state index contributed by atoms with van der Waals surface area (Å²) in [6.45, 7) is 10.8. The van der Waals surface area contributed by atoms with Gasteiger partial charge in [0.05, 0.1) is 78.7 Å². The quantitative estimate of drug-likeness (QED) is 0.0362. The van der Waals surface area contributed by atoms with Gasteiger partial charge in [-0.15, -0.1) is 0 Å². The number of rotatable bonds is 12. The van der Waals surface area contributed by atoms with Crippen molar-refractivity contribution in [3.8, 4) is 17.1 Å². The van der Waals surface area contributed by atoms with Crippen LogP contribution in [-0.2, 0) is 81.5 Å². The summed E-state index contributed by atoms with van der Waals surface area (Å²) in [7, 11) is 6.83. The average Bonchev–Trinajstić information content (AvgIpc) is 1.62. The van der Waals surface area contributed by atoms with Crippen LogP contribution >= 0.6 is 68.4 Å². The van der Waals surface area contributed by atoms with Crippen LogP contribution in [0.4, 0.5) is 0 Å². The average molecular weight is 2190 g/mol. The first-order valence-corrected chi connectivity index (χ1v) is 54.9.